The molecule has 0 bridgehead atoms. The number of benzene rings is 1. The molecule has 0 aliphatic heterocycles. The summed E-state index contributed by atoms with van der Waals surface area (Å²) in [5.74, 6) is 0. The minimum absolute atomic E-state index is 0.0284. The number of rotatable bonds is 2. The lowest BCUT2D eigenvalue weighted by Gasteiger charge is -2.12. The zero-order chi connectivity index (χ0) is 12.3. The van der Waals surface area contributed by atoms with Gasteiger partial charge < -0.3 is 0 Å². The summed E-state index contributed by atoms with van der Waals surface area (Å²) >= 11 is 12.3. The standard InChI is InChI=1S/C10H7Cl2F3S/c1-16-5-9(10(13,14)15)6-2-7(11)4-8(12)3-6/h2-5H,1H3/b9-5+. The van der Waals surface area contributed by atoms with E-state index in [2.05, 4.69) is 0 Å². The molecular weight excluding hydrogens is 280 g/mol. The highest BCUT2D eigenvalue weighted by molar-refractivity contribution is 8.01. The van der Waals surface area contributed by atoms with Gasteiger partial charge in [0.2, 0.25) is 0 Å². The van der Waals surface area contributed by atoms with Gasteiger partial charge in [0.25, 0.3) is 0 Å². The number of thioether (sulfide) groups is 1. The summed E-state index contributed by atoms with van der Waals surface area (Å²) < 4.78 is 38.1. The van der Waals surface area contributed by atoms with Crippen LogP contribution in [0.2, 0.25) is 10.0 Å². The number of hydrogen-bond acceptors (Lipinski definition) is 1. The van der Waals surface area contributed by atoms with E-state index >= 15 is 0 Å². The number of hydrogen-bond donors (Lipinski definition) is 0. The van der Waals surface area contributed by atoms with E-state index in [1.54, 1.807) is 6.26 Å². The monoisotopic (exact) mass is 286 g/mol. The third-order valence-electron chi connectivity index (χ3n) is 1.71. The van der Waals surface area contributed by atoms with Crippen LogP contribution in [-0.4, -0.2) is 12.4 Å². The van der Waals surface area contributed by atoms with Crippen molar-refractivity contribution in [2.45, 2.75) is 6.18 Å². The molecule has 0 nitrogen and oxygen atoms in total. The lowest BCUT2D eigenvalue weighted by Crippen LogP contribution is -2.10. The molecule has 0 saturated carbocycles. The Hall–Kier alpha value is -0.320. The molecule has 1 aromatic carbocycles. The average Bonchev–Trinajstić information content (AvgIpc) is 2.10. The fourth-order valence-corrected chi connectivity index (χ4v) is 2.16. The van der Waals surface area contributed by atoms with Crippen molar-refractivity contribution >= 4 is 40.5 Å². The minimum Gasteiger partial charge on any atom is -0.166 e. The van der Waals surface area contributed by atoms with Gasteiger partial charge in [-0.15, -0.1) is 11.8 Å². The number of halogens is 5. The molecule has 88 valence electrons. The van der Waals surface area contributed by atoms with Gasteiger partial charge in [-0.05, 0) is 35.4 Å². The Kier molecular flexibility index (Phi) is 4.59. The van der Waals surface area contributed by atoms with Gasteiger partial charge in [-0.25, -0.2) is 0 Å². The second-order valence-electron chi connectivity index (χ2n) is 2.92. The van der Waals surface area contributed by atoms with E-state index in [9.17, 15) is 13.2 Å². The van der Waals surface area contributed by atoms with Crippen molar-refractivity contribution in [1.29, 1.82) is 0 Å². The number of alkyl halides is 3. The highest BCUT2D eigenvalue weighted by Crippen LogP contribution is 2.37. The molecule has 0 heterocycles. The van der Waals surface area contributed by atoms with E-state index in [4.69, 9.17) is 23.2 Å². The van der Waals surface area contributed by atoms with E-state index in [0.717, 1.165) is 17.2 Å². The third kappa shape index (κ3) is 3.61. The van der Waals surface area contributed by atoms with Crippen LogP contribution in [0.15, 0.2) is 23.6 Å². The molecule has 1 aromatic rings. The Balaban J connectivity index is 3.27. The fourth-order valence-electron chi connectivity index (χ4n) is 1.13. The average molecular weight is 287 g/mol. The van der Waals surface area contributed by atoms with Gasteiger partial charge in [0.1, 0.15) is 0 Å². The molecule has 0 aromatic heterocycles. The van der Waals surface area contributed by atoms with E-state index in [0.29, 0.717) is 0 Å². The quantitative estimate of drug-likeness (QED) is 0.715. The van der Waals surface area contributed by atoms with Gasteiger partial charge >= 0.3 is 6.18 Å². The molecule has 16 heavy (non-hydrogen) atoms. The van der Waals surface area contributed by atoms with Crippen molar-refractivity contribution < 1.29 is 13.2 Å². The zero-order valence-corrected chi connectivity index (χ0v) is 10.4. The second-order valence-corrected chi connectivity index (χ2v) is 4.50. The largest absolute Gasteiger partial charge is 0.417 e. The van der Waals surface area contributed by atoms with Gasteiger partial charge in [-0.2, -0.15) is 13.2 Å². The summed E-state index contributed by atoms with van der Waals surface area (Å²) in [6.07, 6.45) is -2.87. The summed E-state index contributed by atoms with van der Waals surface area (Å²) in [4.78, 5) is 0. The highest BCUT2D eigenvalue weighted by Gasteiger charge is 2.34. The predicted octanol–water partition coefficient (Wildman–Crippen LogP) is 5.26. The highest BCUT2D eigenvalue weighted by atomic mass is 35.5. The molecule has 0 spiro atoms. The Morgan fingerprint density at radius 2 is 1.69 bits per heavy atom. The summed E-state index contributed by atoms with van der Waals surface area (Å²) in [6, 6.07) is 3.87. The van der Waals surface area contributed by atoms with Crippen LogP contribution in [0.5, 0.6) is 0 Å². The van der Waals surface area contributed by atoms with Gasteiger partial charge in [-0.3, -0.25) is 0 Å². The van der Waals surface area contributed by atoms with E-state index in [1.165, 1.54) is 18.2 Å². The van der Waals surface area contributed by atoms with E-state index < -0.39 is 11.7 Å². The maximum absolute atomic E-state index is 12.7. The fraction of sp³-hybridized carbons (Fsp3) is 0.200. The zero-order valence-electron chi connectivity index (χ0n) is 8.11. The van der Waals surface area contributed by atoms with Crippen LogP contribution in [0.4, 0.5) is 13.2 Å². The van der Waals surface area contributed by atoms with Crippen LogP contribution in [0, 0.1) is 0 Å². The van der Waals surface area contributed by atoms with E-state index in [-0.39, 0.29) is 15.6 Å². The molecule has 0 unspecified atom stereocenters. The van der Waals surface area contributed by atoms with Crippen LogP contribution < -0.4 is 0 Å². The first-order valence-corrected chi connectivity index (χ1v) is 6.15. The van der Waals surface area contributed by atoms with Crippen molar-refractivity contribution in [3.05, 3.63) is 39.2 Å². The van der Waals surface area contributed by atoms with Crippen molar-refractivity contribution in [2.75, 3.05) is 6.26 Å². The topological polar surface area (TPSA) is 0 Å². The Morgan fingerprint density at radius 3 is 2.06 bits per heavy atom. The van der Waals surface area contributed by atoms with Gasteiger partial charge in [0.05, 0.1) is 5.57 Å². The van der Waals surface area contributed by atoms with Crippen LogP contribution in [0.1, 0.15) is 5.56 Å². The Bertz CT molecular complexity index is 393. The maximum atomic E-state index is 12.7. The molecule has 1 rings (SSSR count). The maximum Gasteiger partial charge on any atom is 0.417 e. The SMILES string of the molecule is CS/C=C(\c1cc(Cl)cc(Cl)c1)C(F)(F)F. The Labute approximate surface area is 105 Å². The van der Waals surface area contributed by atoms with Crippen molar-refractivity contribution in [3.8, 4) is 0 Å². The molecule has 6 heteroatoms. The predicted molar refractivity (Wildman–Crippen MR) is 64.0 cm³/mol. The van der Waals surface area contributed by atoms with Crippen LogP contribution in [0.25, 0.3) is 5.57 Å². The summed E-state index contributed by atoms with van der Waals surface area (Å²) in [6.45, 7) is 0. The molecule has 0 radical (unpaired) electrons. The lowest BCUT2D eigenvalue weighted by molar-refractivity contribution is -0.0687. The van der Waals surface area contributed by atoms with Gasteiger partial charge in [-0.1, -0.05) is 23.2 Å². The minimum atomic E-state index is -4.42. The lowest BCUT2D eigenvalue weighted by atomic mass is 10.1. The molecule has 0 aliphatic rings. The van der Waals surface area contributed by atoms with Crippen molar-refractivity contribution in [1.82, 2.24) is 0 Å². The Morgan fingerprint density at radius 1 is 1.19 bits per heavy atom. The van der Waals surface area contributed by atoms with Gasteiger partial charge in [0, 0.05) is 10.0 Å². The van der Waals surface area contributed by atoms with Crippen molar-refractivity contribution in [3.63, 3.8) is 0 Å². The molecule has 0 N–H and O–H groups in total. The smallest absolute Gasteiger partial charge is 0.166 e. The third-order valence-corrected chi connectivity index (χ3v) is 2.62. The molecule has 0 saturated heterocycles. The van der Waals surface area contributed by atoms with Crippen LogP contribution >= 0.6 is 35.0 Å². The molecule has 0 fully saturated rings. The molecule has 0 aliphatic carbocycles. The van der Waals surface area contributed by atoms with Gasteiger partial charge in [0.15, 0.2) is 0 Å². The van der Waals surface area contributed by atoms with Crippen molar-refractivity contribution in [2.24, 2.45) is 0 Å². The van der Waals surface area contributed by atoms with Crippen LogP contribution in [-0.2, 0) is 0 Å². The first kappa shape index (κ1) is 13.7. The second kappa shape index (κ2) is 5.34. The first-order valence-electron chi connectivity index (χ1n) is 4.11. The summed E-state index contributed by atoms with van der Waals surface area (Å²) in [7, 11) is 0. The van der Waals surface area contributed by atoms with E-state index in [1.807, 2.05) is 0 Å². The summed E-state index contributed by atoms with van der Waals surface area (Å²) in [5, 5.41) is 1.39. The molecule has 0 amide bonds. The molecule has 0 atom stereocenters. The number of allylic oxidation sites excluding steroid dienone is 1. The first-order chi connectivity index (χ1) is 7.34. The van der Waals surface area contributed by atoms with Crippen LogP contribution in [0.3, 0.4) is 0 Å². The summed E-state index contributed by atoms with van der Waals surface area (Å²) in [5.41, 5.74) is -0.774. The molecular formula is C10H7Cl2F3S. The normalized spacial score (nSPS) is 13.0.